The molecule has 0 bridgehead atoms. The zero-order valence-corrected chi connectivity index (χ0v) is 20.1. The number of ketones is 1. The SMILES string of the molecule is CCc1cn(CC)c2ccccc12.COc1cccc(CC(=O)CC2CCCCCC2)c1.[HH]. The number of hydrogen-bond acceptors (Lipinski definition) is 2. The largest absolute Gasteiger partial charge is 0.497 e. The monoisotopic (exact) mass is 435 g/mol. The average Bonchev–Trinajstić information content (AvgIpc) is 2.99. The summed E-state index contributed by atoms with van der Waals surface area (Å²) in [6.45, 7) is 5.45. The van der Waals surface area contributed by atoms with Crippen LogP contribution in [0, 0.1) is 5.92 Å². The molecule has 0 atom stereocenters. The van der Waals surface area contributed by atoms with E-state index in [1.165, 1.54) is 55.0 Å². The number of ether oxygens (including phenoxy) is 1. The van der Waals surface area contributed by atoms with Crippen LogP contribution in [-0.2, 0) is 24.2 Å². The van der Waals surface area contributed by atoms with Gasteiger partial charge in [0, 0.05) is 37.9 Å². The Labute approximate surface area is 195 Å². The van der Waals surface area contributed by atoms with Crippen LogP contribution in [0.4, 0.5) is 0 Å². The van der Waals surface area contributed by atoms with Crippen molar-refractivity contribution in [2.24, 2.45) is 5.92 Å². The van der Waals surface area contributed by atoms with Gasteiger partial charge in [0.25, 0.3) is 0 Å². The summed E-state index contributed by atoms with van der Waals surface area (Å²) in [5.41, 5.74) is 3.89. The predicted octanol–water partition coefficient (Wildman–Crippen LogP) is 7.64. The molecule has 0 aliphatic heterocycles. The third-order valence-corrected chi connectivity index (χ3v) is 6.62. The summed E-state index contributed by atoms with van der Waals surface area (Å²) in [7, 11) is 1.66. The second kappa shape index (κ2) is 12.5. The third-order valence-electron chi connectivity index (χ3n) is 6.62. The van der Waals surface area contributed by atoms with Crippen LogP contribution < -0.4 is 4.74 Å². The molecule has 0 spiro atoms. The third kappa shape index (κ3) is 6.72. The highest BCUT2D eigenvalue weighted by molar-refractivity contribution is 5.84. The van der Waals surface area contributed by atoms with Crippen molar-refractivity contribution in [3.8, 4) is 5.75 Å². The lowest BCUT2D eigenvalue weighted by Gasteiger charge is -2.12. The Bertz CT molecular complexity index is 948. The smallest absolute Gasteiger partial charge is 0.137 e. The molecular formula is C29H41NO2. The number of methoxy groups -OCH3 is 1. The lowest BCUT2D eigenvalue weighted by Crippen LogP contribution is -2.10. The minimum absolute atomic E-state index is 0. The maximum Gasteiger partial charge on any atom is 0.137 e. The van der Waals surface area contributed by atoms with Crippen LogP contribution in [-0.4, -0.2) is 17.5 Å². The highest BCUT2D eigenvalue weighted by atomic mass is 16.5. The van der Waals surface area contributed by atoms with E-state index in [1.807, 2.05) is 24.3 Å². The van der Waals surface area contributed by atoms with E-state index < -0.39 is 0 Å². The number of fused-ring (bicyclic) bond motifs is 1. The molecule has 0 radical (unpaired) electrons. The minimum Gasteiger partial charge on any atom is -0.497 e. The molecule has 0 amide bonds. The summed E-state index contributed by atoms with van der Waals surface area (Å²) in [6.07, 6.45) is 12.5. The van der Waals surface area contributed by atoms with Crippen molar-refractivity contribution >= 4 is 16.7 Å². The summed E-state index contributed by atoms with van der Waals surface area (Å²) in [4.78, 5) is 12.2. The number of carbonyl (C=O) groups is 1. The van der Waals surface area contributed by atoms with Gasteiger partial charge in [-0.2, -0.15) is 0 Å². The molecule has 1 fully saturated rings. The van der Waals surface area contributed by atoms with Crippen LogP contribution in [0.3, 0.4) is 0 Å². The van der Waals surface area contributed by atoms with E-state index >= 15 is 0 Å². The van der Waals surface area contributed by atoms with Crippen molar-refractivity contribution in [3.05, 3.63) is 65.9 Å². The summed E-state index contributed by atoms with van der Waals surface area (Å²) < 4.78 is 7.51. The standard InChI is InChI=1S/C17H24O2.C12H15N.H2/c1-19-17-10-6-9-15(13-17)12-16(18)11-14-7-4-2-3-5-8-14;1-3-10-9-13(4-2)12-8-6-5-7-11(10)12;/h6,9-10,13-14H,2-5,7-8,11-12H2,1H3;5-9H,3-4H2,1-2H3;1H. The van der Waals surface area contributed by atoms with Gasteiger partial charge in [-0.05, 0) is 48.6 Å². The number of benzene rings is 2. The first-order valence-corrected chi connectivity index (χ1v) is 12.4. The maximum absolute atomic E-state index is 12.2. The van der Waals surface area contributed by atoms with E-state index in [0.29, 0.717) is 18.1 Å². The molecule has 0 unspecified atom stereocenters. The first-order valence-electron chi connectivity index (χ1n) is 12.4. The molecule has 1 saturated carbocycles. The Morgan fingerprint density at radius 3 is 2.47 bits per heavy atom. The normalized spacial score (nSPS) is 14.5. The topological polar surface area (TPSA) is 31.2 Å². The molecule has 32 heavy (non-hydrogen) atoms. The molecule has 174 valence electrons. The quantitative estimate of drug-likeness (QED) is 0.357. The van der Waals surface area contributed by atoms with Gasteiger partial charge in [0.1, 0.15) is 11.5 Å². The summed E-state index contributed by atoms with van der Waals surface area (Å²) in [5.74, 6) is 1.83. The van der Waals surface area contributed by atoms with Crippen LogP contribution in [0.15, 0.2) is 54.7 Å². The molecule has 1 heterocycles. The lowest BCUT2D eigenvalue weighted by molar-refractivity contribution is -0.119. The summed E-state index contributed by atoms with van der Waals surface area (Å²) in [5, 5.41) is 1.41. The van der Waals surface area contributed by atoms with Crippen molar-refractivity contribution in [1.29, 1.82) is 0 Å². The number of aryl methyl sites for hydroxylation is 2. The van der Waals surface area contributed by atoms with Gasteiger partial charge in [-0.15, -0.1) is 0 Å². The fraction of sp³-hybridized carbons (Fsp3) is 0.483. The fourth-order valence-electron chi connectivity index (χ4n) is 4.84. The van der Waals surface area contributed by atoms with Gasteiger partial charge in [-0.1, -0.05) is 75.8 Å². The van der Waals surface area contributed by atoms with E-state index in [4.69, 9.17) is 4.74 Å². The van der Waals surface area contributed by atoms with Crippen molar-refractivity contribution in [2.45, 2.75) is 78.2 Å². The molecule has 4 rings (SSSR count). The van der Waals surface area contributed by atoms with Gasteiger partial charge in [0.2, 0.25) is 0 Å². The van der Waals surface area contributed by atoms with Crippen molar-refractivity contribution in [1.82, 2.24) is 4.57 Å². The number of para-hydroxylation sites is 1. The van der Waals surface area contributed by atoms with Crippen LogP contribution in [0.2, 0.25) is 0 Å². The maximum atomic E-state index is 12.2. The second-order valence-electron chi connectivity index (χ2n) is 8.94. The second-order valence-corrected chi connectivity index (χ2v) is 8.94. The highest BCUT2D eigenvalue weighted by Gasteiger charge is 2.16. The van der Waals surface area contributed by atoms with Crippen LogP contribution in [0.5, 0.6) is 5.75 Å². The molecule has 3 nitrogen and oxygen atoms in total. The van der Waals surface area contributed by atoms with Crippen LogP contribution >= 0.6 is 0 Å². The van der Waals surface area contributed by atoms with Crippen molar-refractivity contribution in [2.75, 3.05) is 7.11 Å². The number of rotatable bonds is 7. The lowest BCUT2D eigenvalue weighted by atomic mass is 9.92. The molecule has 1 aromatic heterocycles. The number of Topliss-reactive ketones (excluding diaryl/α,β-unsaturated/α-hetero) is 1. The number of nitrogens with zero attached hydrogens (tertiary/aromatic N) is 1. The number of aromatic nitrogens is 1. The molecule has 3 heteroatoms. The van der Waals surface area contributed by atoms with Crippen molar-refractivity contribution in [3.63, 3.8) is 0 Å². The van der Waals surface area contributed by atoms with E-state index in [9.17, 15) is 4.79 Å². The first kappa shape index (κ1) is 24.1. The fourth-order valence-corrected chi connectivity index (χ4v) is 4.84. The van der Waals surface area contributed by atoms with Crippen LogP contribution in [0.1, 0.15) is 71.3 Å². The Morgan fingerprint density at radius 1 is 1.03 bits per heavy atom. The van der Waals surface area contributed by atoms with E-state index in [1.54, 1.807) is 7.11 Å². The van der Waals surface area contributed by atoms with Gasteiger partial charge >= 0.3 is 0 Å². The Morgan fingerprint density at radius 2 is 1.78 bits per heavy atom. The molecule has 1 aliphatic carbocycles. The molecular weight excluding hydrogens is 394 g/mol. The zero-order valence-electron chi connectivity index (χ0n) is 20.1. The average molecular weight is 436 g/mol. The van der Waals surface area contributed by atoms with Gasteiger partial charge in [0.15, 0.2) is 0 Å². The first-order chi connectivity index (χ1) is 15.6. The summed E-state index contributed by atoms with van der Waals surface area (Å²) >= 11 is 0. The van der Waals surface area contributed by atoms with Gasteiger partial charge in [-0.3, -0.25) is 4.79 Å². The zero-order chi connectivity index (χ0) is 22.8. The minimum atomic E-state index is 0. The molecule has 3 aromatic rings. The molecule has 2 aromatic carbocycles. The van der Waals surface area contributed by atoms with Gasteiger partial charge in [0.05, 0.1) is 7.11 Å². The summed E-state index contributed by atoms with van der Waals surface area (Å²) in [6, 6.07) is 16.5. The van der Waals surface area contributed by atoms with E-state index in [0.717, 1.165) is 30.7 Å². The van der Waals surface area contributed by atoms with Gasteiger partial charge in [-0.25, -0.2) is 0 Å². The molecule has 0 N–H and O–H groups in total. The number of hydrogen-bond donors (Lipinski definition) is 0. The van der Waals surface area contributed by atoms with Gasteiger partial charge < -0.3 is 9.30 Å². The Balaban J connectivity index is 0.000000241. The highest BCUT2D eigenvalue weighted by Crippen LogP contribution is 2.26. The molecule has 0 saturated heterocycles. The Hall–Kier alpha value is -2.55. The predicted molar refractivity (Wildman–Crippen MR) is 137 cm³/mol. The van der Waals surface area contributed by atoms with E-state index in [-0.39, 0.29) is 1.43 Å². The molecule has 1 aliphatic rings. The number of carbonyl (C=O) groups excluding carboxylic acids is 1. The Kier molecular flexibility index (Phi) is 9.40. The van der Waals surface area contributed by atoms with Crippen molar-refractivity contribution < 1.29 is 11.0 Å². The van der Waals surface area contributed by atoms with Crippen LogP contribution in [0.25, 0.3) is 10.9 Å². The van der Waals surface area contributed by atoms with E-state index in [2.05, 4.69) is 48.9 Å².